The lowest BCUT2D eigenvalue weighted by Crippen LogP contribution is -2.40. The van der Waals surface area contributed by atoms with Crippen molar-refractivity contribution in [2.75, 3.05) is 0 Å². The molecule has 0 aromatic carbocycles. The van der Waals surface area contributed by atoms with Crippen LogP contribution in [0.3, 0.4) is 0 Å². The lowest BCUT2D eigenvalue weighted by Gasteiger charge is -2.37. The fraction of sp³-hybridized carbons (Fsp3) is 0.824. The lowest BCUT2D eigenvalue weighted by molar-refractivity contribution is -0.161. The maximum Gasteiger partial charge on any atom is 0.330 e. The Kier molecular flexibility index (Phi) is 9.63. The molecule has 1 unspecified atom stereocenters. The molecule has 0 bridgehead atoms. The molecule has 0 aromatic heterocycles. The summed E-state index contributed by atoms with van der Waals surface area (Å²) in [5, 5.41) is 0. The average Bonchev–Trinajstić information content (AvgIpc) is 2.44. The van der Waals surface area contributed by atoms with E-state index < -0.39 is 0 Å². The Labute approximate surface area is 119 Å². The van der Waals surface area contributed by atoms with Crippen LogP contribution in [-0.4, -0.2) is 11.6 Å². The summed E-state index contributed by atoms with van der Waals surface area (Å²) in [4.78, 5) is 11.5. The van der Waals surface area contributed by atoms with E-state index in [0.29, 0.717) is 5.92 Å². The van der Waals surface area contributed by atoms with Crippen LogP contribution in [-0.2, 0) is 9.53 Å². The molecule has 19 heavy (non-hydrogen) atoms. The van der Waals surface area contributed by atoms with Gasteiger partial charge in [-0.25, -0.2) is 4.79 Å². The van der Waals surface area contributed by atoms with Crippen LogP contribution in [0.25, 0.3) is 0 Å². The molecule has 0 fully saturated rings. The van der Waals surface area contributed by atoms with Crippen molar-refractivity contribution in [2.24, 2.45) is 5.92 Å². The highest BCUT2D eigenvalue weighted by Crippen LogP contribution is 2.33. The molecule has 0 radical (unpaired) electrons. The molecule has 0 heterocycles. The Balaban J connectivity index is 4.34. The van der Waals surface area contributed by atoms with Crippen molar-refractivity contribution in [3.63, 3.8) is 0 Å². The van der Waals surface area contributed by atoms with E-state index in [2.05, 4.69) is 34.3 Å². The van der Waals surface area contributed by atoms with Crippen LogP contribution in [0.15, 0.2) is 12.7 Å². The summed E-state index contributed by atoms with van der Waals surface area (Å²) < 4.78 is 5.67. The molecule has 0 saturated heterocycles. The third-order valence-corrected chi connectivity index (χ3v) is 4.31. The molecule has 1 atom stereocenters. The van der Waals surface area contributed by atoms with E-state index in [1.807, 2.05) is 0 Å². The van der Waals surface area contributed by atoms with E-state index in [0.717, 1.165) is 19.3 Å². The van der Waals surface area contributed by atoms with Gasteiger partial charge < -0.3 is 4.74 Å². The number of unbranched alkanes of at least 4 members (excludes halogenated alkanes) is 4. The molecule has 2 heteroatoms. The smallest absolute Gasteiger partial charge is 0.330 e. The van der Waals surface area contributed by atoms with Gasteiger partial charge in [0.05, 0.1) is 0 Å². The largest absolute Gasteiger partial charge is 0.456 e. The normalized spacial score (nSPS) is 13.1. The first-order valence-electron chi connectivity index (χ1n) is 7.91. The average molecular weight is 268 g/mol. The van der Waals surface area contributed by atoms with Crippen LogP contribution in [0, 0.1) is 5.92 Å². The first kappa shape index (κ1) is 18.2. The van der Waals surface area contributed by atoms with Gasteiger partial charge in [0.15, 0.2) is 0 Å². The van der Waals surface area contributed by atoms with E-state index >= 15 is 0 Å². The van der Waals surface area contributed by atoms with Crippen LogP contribution in [0.1, 0.15) is 79.1 Å². The molecule has 0 aliphatic rings. The van der Waals surface area contributed by atoms with E-state index in [1.54, 1.807) is 0 Å². The molecule has 0 saturated carbocycles. The summed E-state index contributed by atoms with van der Waals surface area (Å²) >= 11 is 0. The maximum absolute atomic E-state index is 11.5. The predicted octanol–water partition coefficient (Wildman–Crippen LogP) is 5.27. The van der Waals surface area contributed by atoms with Crippen molar-refractivity contribution < 1.29 is 9.53 Å². The van der Waals surface area contributed by atoms with Crippen molar-refractivity contribution in [2.45, 2.75) is 84.7 Å². The van der Waals surface area contributed by atoms with E-state index in [1.165, 1.54) is 38.2 Å². The number of rotatable bonds is 11. The zero-order valence-corrected chi connectivity index (χ0v) is 13.3. The predicted molar refractivity (Wildman–Crippen MR) is 82.1 cm³/mol. The van der Waals surface area contributed by atoms with Gasteiger partial charge in [0.25, 0.3) is 0 Å². The number of carbonyl (C=O) groups is 1. The maximum atomic E-state index is 11.5. The zero-order chi connectivity index (χ0) is 14.7. The van der Waals surface area contributed by atoms with Gasteiger partial charge in [-0.15, -0.1) is 0 Å². The van der Waals surface area contributed by atoms with E-state index in [9.17, 15) is 4.79 Å². The number of esters is 1. The summed E-state index contributed by atoms with van der Waals surface area (Å²) in [7, 11) is 0. The number of hydrogen-bond donors (Lipinski definition) is 0. The van der Waals surface area contributed by atoms with Gasteiger partial charge in [-0.2, -0.15) is 0 Å². The topological polar surface area (TPSA) is 26.3 Å². The summed E-state index contributed by atoms with van der Waals surface area (Å²) in [5.41, 5.74) is -0.309. The lowest BCUT2D eigenvalue weighted by atomic mass is 9.80. The number of ether oxygens (including phenoxy) is 1. The van der Waals surface area contributed by atoms with Crippen molar-refractivity contribution in [1.82, 2.24) is 0 Å². The SMILES string of the molecule is C=CC(=O)OC(CC)(CC)C(C)CCCCCCC. The van der Waals surface area contributed by atoms with E-state index in [4.69, 9.17) is 4.74 Å². The van der Waals surface area contributed by atoms with Gasteiger partial charge in [-0.1, -0.05) is 66.4 Å². The van der Waals surface area contributed by atoms with Gasteiger partial charge in [0, 0.05) is 6.08 Å². The Morgan fingerprint density at radius 3 is 2.21 bits per heavy atom. The second-order valence-electron chi connectivity index (χ2n) is 5.50. The van der Waals surface area contributed by atoms with Gasteiger partial charge >= 0.3 is 5.97 Å². The Bertz CT molecular complexity index is 254. The zero-order valence-electron chi connectivity index (χ0n) is 13.3. The summed E-state index contributed by atoms with van der Waals surface area (Å²) in [6.45, 7) is 12.1. The highest BCUT2D eigenvalue weighted by atomic mass is 16.6. The Morgan fingerprint density at radius 2 is 1.74 bits per heavy atom. The fourth-order valence-corrected chi connectivity index (χ4v) is 2.75. The van der Waals surface area contributed by atoms with Gasteiger partial charge in [-0.3, -0.25) is 0 Å². The first-order chi connectivity index (χ1) is 9.06. The molecule has 112 valence electrons. The van der Waals surface area contributed by atoms with Gasteiger partial charge in [0.2, 0.25) is 0 Å². The third-order valence-electron chi connectivity index (χ3n) is 4.31. The monoisotopic (exact) mass is 268 g/mol. The molecule has 0 rings (SSSR count). The van der Waals surface area contributed by atoms with Crippen molar-refractivity contribution in [1.29, 1.82) is 0 Å². The highest BCUT2D eigenvalue weighted by Gasteiger charge is 2.35. The summed E-state index contributed by atoms with van der Waals surface area (Å²) in [6, 6.07) is 0. The van der Waals surface area contributed by atoms with Crippen LogP contribution in [0.5, 0.6) is 0 Å². The summed E-state index contributed by atoms with van der Waals surface area (Å²) in [6.07, 6.45) is 10.6. The minimum atomic E-state index is -0.309. The third kappa shape index (κ3) is 6.26. The minimum Gasteiger partial charge on any atom is -0.456 e. The second-order valence-corrected chi connectivity index (χ2v) is 5.50. The molecular formula is C17H32O2. The first-order valence-corrected chi connectivity index (χ1v) is 7.91. The van der Waals surface area contributed by atoms with Crippen LogP contribution >= 0.6 is 0 Å². The molecular weight excluding hydrogens is 236 g/mol. The van der Waals surface area contributed by atoms with Crippen LogP contribution in [0.2, 0.25) is 0 Å². The standard InChI is InChI=1S/C17H32O2/c1-6-10-11-12-13-14-15(5)17(8-3,9-4)19-16(18)7-2/h7,15H,2,6,8-14H2,1,3-5H3. The van der Waals surface area contributed by atoms with Crippen LogP contribution < -0.4 is 0 Å². The Morgan fingerprint density at radius 1 is 1.16 bits per heavy atom. The highest BCUT2D eigenvalue weighted by molar-refractivity contribution is 5.81. The number of carbonyl (C=O) groups excluding carboxylic acids is 1. The molecule has 0 aromatic rings. The van der Waals surface area contributed by atoms with Gasteiger partial charge in [-0.05, 0) is 25.2 Å². The van der Waals surface area contributed by atoms with Crippen molar-refractivity contribution in [3.05, 3.63) is 12.7 Å². The molecule has 0 spiro atoms. The molecule has 0 amide bonds. The number of hydrogen-bond acceptors (Lipinski definition) is 2. The summed E-state index contributed by atoms with van der Waals surface area (Å²) in [5.74, 6) is 0.120. The van der Waals surface area contributed by atoms with Crippen LogP contribution in [0.4, 0.5) is 0 Å². The van der Waals surface area contributed by atoms with Crippen molar-refractivity contribution in [3.8, 4) is 0 Å². The quantitative estimate of drug-likeness (QED) is 0.290. The minimum absolute atomic E-state index is 0.290. The van der Waals surface area contributed by atoms with Crippen molar-refractivity contribution >= 4 is 5.97 Å². The Hall–Kier alpha value is -0.790. The second kappa shape index (κ2) is 10.1. The fourth-order valence-electron chi connectivity index (χ4n) is 2.75. The van der Waals surface area contributed by atoms with E-state index in [-0.39, 0.29) is 11.6 Å². The molecule has 2 nitrogen and oxygen atoms in total. The molecule has 0 aliphatic carbocycles. The molecule has 0 aliphatic heterocycles. The molecule has 0 N–H and O–H groups in total. The van der Waals surface area contributed by atoms with Gasteiger partial charge in [0.1, 0.15) is 5.60 Å².